The van der Waals surface area contributed by atoms with Gasteiger partial charge < -0.3 is 10.1 Å². The highest BCUT2D eigenvalue weighted by Gasteiger charge is 2.41. The molecule has 0 fully saturated rings. The summed E-state index contributed by atoms with van der Waals surface area (Å²) in [4.78, 5) is 4.04. The van der Waals surface area contributed by atoms with Crippen LogP contribution in [0.4, 0.5) is 17.6 Å². The van der Waals surface area contributed by atoms with E-state index >= 15 is 0 Å². The Hall–Kier alpha value is -0.730. The maximum Gasteiger partial charge on any atom is 0.330 e. The van der Waals surface area contributed by atoms with E-state index in [9.17, 15) is 17.6 Å². The lowest BCUT2D eigenvalue weighted by molar-refractivity contribution is -0.166. The van der Waals surface area contributed by atoms with Gasteiger partial charge in [0.05, 0.1) is 11.6 Å². The maximum atomic E-state index is 12.6. The first-order valence-corrected chi connectivity index (χ1v) is 6.13. The highest BCUT2D eigenvalue weighted by atomic mass is 32.1. The lowest BCUT2D eigenvalue weighted by atomic mass is 10.2. The van der Waals surface area contributed by atoms with Crippen LogP contribution >= 0.6 is 11.3 Å². The molecule has 1 heterocycles. The van der Waals surface area contributed by atoms with Gasteiger partial charge >= 0.3 is 12.3 Å². The van der Waals surface area contributed by atoms with Gasteiger partial charge in [0, 0.05) is 24.0 Å². The molecule has 1 aromatic rings. The van der Waals surface area contributed by atoms with Gasteiger partial charge in [0.2, 0.25) is 0 Å². The first-order valence-electron chi connectivity index (χ1n) is 5.25. The number of alkyl halides is 4. The molecule has 1 aromatic heterocycles. The number of nitrogens with zero attached hydrogens (tertiary/aromatic N) is 1. The molecule has 0 radical (unpaired) electrons. The third kappa shape index (κ3) is 4.87. The van der Waals surface area contributed by atoms with Crippen molar-refractivity contribution in [2.24, 2.45) is 0 Å². The molecule has 0 aliphatic rings. The van der Waals surface area contributed by atoms with Crippen LogP contribution in [0.3, 0.4) is 0 Å². The quantitative estimate of drug-likeness (QED) is 0.744. The fraction of sp³-hybridized carbons (Fsp3) is 0.700. The van der Waals surface area contributed by atoms with Gasteiger partial charge in [-0.2, -0.15) is 8.78 Å². The molecule has 0 saturated heterocycles. The average Bonchev–Trinajstić information content (AvgIpc) is 2.80. The fourth-order valence-corrected chi connectivity index (χ4v) is 1.91. The van der Waals surface area contributed by atoms with E-state index in [1.165, 1.54) is 11.3 Å². The lowest BCUT2D eigenvalue weighted by Crippen LogP contribution is -2.37. The zero-order valence-corrected chi connectivity index (χ0v) is 10.5. The monoisotopic (exact) mass is 286 g/mol. The van der Waals surface area contributed by atoms with Crippen LogP contribution in [0.15, 0.2) is 11.6 Å². The third-order valence-electron chi connectivity index (χ3n) is 2.25. The Kier molecular flexibility index (Phi) is 5.97. The highest BCUT2D eigenvalue weighted by Crippen LogP contribution is 2.22. The number of rotatable bonds is 8. The Labute approximate surface area is 106 Å². The van der Waals surface area contributed by atoms with Crippen molar-refractivity contribution in [1.82, 2.24) is 10.3 Å². The SMILES string of the molecule is CNC(COCC(F)(F)C(F)F)Cc1nccs1. The number of nitrogens with one attached hydrogen (secondary N) is 1. The predicted octanol–water partition coefficient (Wildman–Crippen LogP) is 2.19. The summed E-state index contributed by atoms with van der Waals surface area (Å²) in [5.41, 5.74) is 0. The molecule has 18 heavy (non-hydrogen) atoms. The molecule has 104 valence electrons. The van der Waals surface area contributed by atoms with Gasteiger partial charge in [-0.05, 0) is 7.05 Å². The molecule has 0 amide bonds. The maximum absolute atomic E-state index is 12.6. The molecule has 0 aliphatic carbocycles. The summed E-state index contributed by atoms with van der Waals surface area (Å²) in [5, 5.41) is 5.50. The average molecular weight is 286 g/mol. The Morgan fingerprint density at radius 3 is 2.72 bits per heavy atom. The zero-order valence-electron chi connectivity index (χ0n) is 9.71. The molecule has 0 aliphatic heterocycles. The molecule has 1 rings (SSSR count). The van der Waals surface area contributed by atoms with Crippen molar-refractivity contribution in [2.45, 2.75) is 24.8 Å². The molecular weight excluding hydrogens is 272 g/mol. The van der Waals surface area contributed by atoms with E-state index in [0.29, 0.717) is 6.42 Å². The minimum Gasteiger partial charge on any atom is -0.373 e. The van der Waals surface area contributed by atoms with Crippen molar-refractivity contribution >= 4 is 11.3 Å². The smallest absolute Gasteiger partial charge is 0.330 e. The van der Waals surface area contributed by atoms with Crippen molar-refractivity contribution in [2.75, 3.05) is 20.3 Å². The van der Waals surface area contributed by atoms with E-state index in [1.54, 1.807) is 18.6 Å². The van der Waals surface area contributed by atoms with E-state index in [4.69, 9.17) is 0 Å². The molecule has 0 aromatic carbocycles. The van der Waals surface area contributed by atoms with Gasteiger partial charge in [-0.1, -0.05) is 0 Å². The summed E-state index contributed by atoms with van der Waals surface area (Å²) in [6.07, 6.45) is -1.56. The molecule has 3 nitrogen and oxygen atoms in total. The van der Waals surface area contributed by atoms with Crippen LogP contribution in [0.2, 0.25) is 0 Å². The van der Waals surface area contributed by atoms with Gasteiger partial charge in [-0.15, -0.1) is 11.3 Å². The second kappa shape index (κ2) is 7.01. The van der Waals surface area contributed by atoms with Gasteiger partial charge in [-0.3, -0.25) is 0 Å². The summed E-state index contributed by atoms with van der Waals surface area (Å²) in [6.45, 7) is -1.35. The van der Waals surface area contributed by atoms with E-state index in [2.05, 4.69) is 15.0 Å². The molecule has 8 heteroatoms. The van der Waals surface area contributed by atoms with E-state index < -0.39 is 19.0 Å². The van der Waals surface area contributed by atoms with Crippen molar-refractivity contribution < 1.29 is 22.3 Å². The Balaban J connectivity index is 2.32. The summed E-state index contributed by atoms with van der Waals surface area (Å²) in [5.74, 6) is -4.10. The Morgan fingerprint density at radius 2 is 2.22 bits per heavy atom. The second-order valence-electron chi connectivity index (χ2n) is 3.69. The summed E-state index contributed by atoms with van der Waals surface area (Å²) in [7, 11) is 1.65. The van der Waals surface area contributed by atoms with Crippen molar-refractivity contribution in [3.8, 4) is 0 Å². The molecule has 1 N–H and O–H groups in total. The number of aromatic nitrogens is 1. The topological polar surface area (TPSA) is 34.1 Å². The fourth-order valence-electron chi connectivity index (χ4n) is 1.21. The van der Waals surface area contributed by atoms with Crippen LogP contribution in [0.5, 0.6) is 0 Å². The van der Waals surface area contributed by atoms with E-state index in [1.807, 2.05) is 0 Å². The lowest BCUT2D eigenvalue weighted by Gasteiger charge is -2.19. The minimum absolute atomic E-state index is 0.0710. The summed E-state index contributed by atoms with van der Waals surface area (Å²) in [6, 6.07) is -0.232. The number of halogens is 4. The second-order valence-corrected chi connectivity index (χ2v) is 4.67. The van der Waals surface area contributed by atoms with Crippen molar-refractivity contribution in [1.29, 1.82) is 0 Å². The number of likely N-dealkylation sites (N-methyl/N-ethyl adjacent to an activating group) is 1. The van der Waals surface area contributed by atoms with Gasteiger partial charge in [0.15, 0.2) is 0 Å². The van der Waals surface area contributed by atoms with Gasteiger partial charge in [0.25, 0.3) is 0 Å². The molecule has 0 spiro atoms. The van der Waals surface area contributed by atoms with Gasteiger partial charge in [0.1, 0.15) is 6.61 Å². The third-order valence-corrected chi connectivity index (χ3v) is 3.05. The van der Waals surface area contributed by atoms with E-state index in [-0.39, 0.29) is 12.6 Å². The summed E-state index contributed by atoms with van der Waals surface area (Å²) >= 11 is 1.44. The van der Waals surface area contributed by atoms with Crippen LogP contribution in [0, 0.1) is 0 Å². The molecule has 1 unspecified atom stereocenters. The van der Waals surface area contributed by atoms with Crippen LogP contribution in [-0.2, 0) is 11.2 Å². The standard InChI is InChI=1S/C10H14F4N2OS/c1-15-7(4-8-16-2-3-18-8)5-17-6-10(13,14)9(11)12/h2-3,7,9,15H,4-6H2,1H3. The van der Waals surface area contributed by atoms with Crippen molar-refractivity contribution in [3.63, 3.8) is 0 Å². The largest absolute Gasteiger partial charge is 0.373 e. The number of hydrogen-bond donors (Lipinski definition) is 1. The van der Waals surface area contributed by atoms with Crippen LogP contribution in [0.1, 0.15) is 5.01 Å². The molecular formula is C10H14F4N2OS. The van der Waals surface area contributed by atoms with Crippen LogP contribution in [-0.4, -0.2) is 43.6 Å². The number of hydrogen-bond acceptors (Lipinski definition) is 4. The van der Waals surface area contributed by atoms with Crippen LogP contribution in [0.25, 0.3) is 0 Å². The minimum atomic E-state index is -4.10. The predicted molar refractivity (Wildman–Crippen MR) is 60.4 cm³/mol. The Morgan fingerprint density at radius 1 is 1.50 bits per heavy atom. The number of ether oxygens (including phenoxy) is 1. The molecule has 1 atom stereocenters. The number of thiazole rings is 1. The van der Waals surface area contributed by atoms with Crippen LogP contribution < -0.4 is 5.32 Å². The van der Waals surface area contributed by atoms with Gasteiger partial charge in [-0.25, -0.2) is 13.8 Å². The molecule has 0 bridgehead atoms. The first kappa shape index (κ1) is 15.3. The van der Waals surface area contributed by atoms with Crippen molar-refractivity contribution in [3.05, 3.63) is 16.6 Å². The normalized spacial score (nSPS) is 14.1. The Bertz CT molecular complexity index is 335. The van der Waals surface area contributed by atoms with E-state index in [0.717, 1.165) is 5.01 Å². The highest BCUT2D eigenvalue weighted by molar-refractivity contribution is 7.09. The zero-order chi connectivity index (χ0) is 13.6. The first-order chi connectivity index (χ1) is 8.45. The molecule has 0 saturated carbocycles. The summed E-state index contributed by atoms with van der Waals surface area (Å²) < 4.78 is 53.5.